The second-order valence-corrected chi connectivity index (χ2v) is 15.0. The first-order valence-electron chi connectivity index (χ1n) is 11.5. The molecule has 2 aromatic carbocycles. The van der Waals surface area contributed by atoms with Gasteiger partial charge in [0.25, 0.3) is 0 Å². The predicted octanol–water partition coefficient (Wildman–Crippen LogP) is 6.09. The average molecular weight is 531 g/mol. The summed E-state index contributed by atoms with van der Waals surface area (Å²) >= 11 is 0. The topological polar surface area (TPSA) is 80.3 Å². The molecule has 0 N–H and O–H groups in total. The van der Waals surface area contributed by atoms with E-state index in [1.54, 1.807) is 12.1 Å². The molecule has 2 aromatic rings. The van der Waals surface area contributed by atoms with Crippen LogP contribution in [0.2, 0.25) is 0 Å². The van der Waals surface area contributed by atoms with E-state index in [1.165, 1.54) is 24.3 Å². The molecule has 6 heteroatoms. The van der Waals surface area contributed by atoms with Gasteiger partial charge in [-0.05, 0) is 57.8 Å². The molecule has 0 fully saturated rings. The fourth-order valence-electron chi connectivity index (χ4n) is 5.25. The first-order valence-corrected chi connectivity index (χ1v) is 13.0. The van der Waals surface area contributed by atoms with Crippen LogP contribution in [0.1, 0.15) is 93.2 Å². The van der Waals surface area contributed by atoms with Crippen molar-refractivity contribution in [1.29, 1.82) is 0 Å². The van der Waals surface area contributed by atoms with Crippen molar-refractivity contribution in [2.24, 2.45) is 10.8 Å². The zero-order chi connectivity index (χ0) is 25.6. The molecule has 192 valence electrons. The molecule has 0 aliphatic carbocycles. The van der Waals surface area contributed by atoms with E-state index < -0.39 is 21.3 Å². The van der Waals surface area contributed by atoms with Crippen LogP contribution in [0.25, 0.3) is 0 Å². The van der Waals surface area contributed by atoms with E-state index in [9.17, 15) is 18.6 Å². The summed E-state index contributed by atoms with van der Waals surface area (Å²) in [6.45, 7) is 20.9. The van der Waals surface area contributed by atoms with E-state index in [2.05, 4.69) is 41.5 Å². The molecule has 0 spiro atoms. The second-order valence-electron chi connectivity index (χ2n) is 13.1. The second kappa shape index (κ2) is 9.86. The summed E-state index contributed by atoms with van der Waals surface area (Å²) in [4.78, 5) is -0.658. The van der Waals surface area contributed by atoms with E-state index in [0.29, 0.717) is 0 Å². The van der Waals surface area contributed by atoms with Crippen molar-refractivity contribution in [2.75, 3.05) is 0 Å². The maximum Gasteiger partial charge on any atom is 2.00 e. The first kappa shape index (κ1) is 30.5. The molecule has 0 bridgehead atoms. The number of sulfone groups is 1. The van der Waals surface area contributed by atoms with Crippen molar-refractivity contribution in [1.82, 2.24) is 0 Å². The molecular formula is C28H40NiO4S. The number of benzene rings is 2. The van der Waals surface area contributed by atoms with Gasteiger partial charge in [0.2, 0.25) is 9.84 Å². The number of hydrogen-bond donors (Lipinski definition) is 0. The van der Waals surface area contributed by atoms with Gasteiger partial charge in [0.1, 0.15) is 0 Å². The quantitative estimate of drug-likeness (QED) is 0.423. The number of rotatable bonds is 6. The van der Waals surface area contributed by atoms with E-state index >= 15 is 0 Å². The molecule has 0 heterocycles. The minimum atomic E-state index is -4.28. The average Bonchev–Trinajstić information content (AvgIpc) is 2.57. The predicted molar refractivity (Wildman–Crippen MR) is 131 cm³/mol. The molecule has 0 saturated carbocycles. The van der Waals surface area contributed by atoms with Crippen LogP contribution in [0.3, 0.4) is 0 Å². The molecule has 0 saturated heterocycles. The van der Waals surface area contributed by atoms with Crippen molar-refractivity contribution in [3.05, 3.63) is 47.5 Å². The van der Waals surface area contributed by atoms with Gasteiger partial charge in [0.05, 0.1) is 9.79 Å². The van der Waals surface area contributed by atoms with Crippen molar-refractivity contribution in [3.8, 4) is 11.5 Å². The Kier molecular flexibility index (Phi) is 8.85. The van der Waals surface area contributed by atoms with Gasteiger partial charge in [0, 0.05) is 0 Å². The van der Waals surface area contributed by atoms with E-state index in [4.69, 9.17) is 0 Å². The summed E-state index contributed by atoms with van der Waals surface area (Å²) < 4.78 is 27.2. The Morgan fingerprint density at radius 2 is 0.912 bits per heavy atom. The van der Waals surface area contributed by atoms with Crippen LogP contribution in [0, 0.1) is 10.8 Å². The Balaban J connectivity index is 0.00000578. The standard InChI is InChI=1S/C28H42O4S.Ni/c1-25(2,3)17-27(7,8)19-11-13-21(29)23(15-19)33(31,32)24-16-20(12-14-22(24)30)28(9,10)18-26(4,5)6;/h11-16,29-30H,17-18H2,1-10H3;/q;+2/p-2. The number of hydrogen-bond acceptors (Lipinski definition) is 4. The van der Waals surface area contributed by atoms with Gasteiger partial charge in [-0.25, -0.2) is 8.42 Å². The molecule has 0 amide bonds. The molecule has 0 atom stereocenters. The van der Waals surface area contributed by atoms with Crippen LogP contribution in [-0.2, 0) is 37.2 Å². The van der Waals surface area contributed by atoms with Gasteiger partial charge in [-0.2, -0.15) is 0 Å². The largest absolute Gasteiger partial charge is 2.00 e. The molecule has 0 aromatic heterocycles. The fourth-order valence-corrected chi connectivity index (χ4v) is 6.72. The third-order valence-corrected chi connectivity index (χ3v) is 7.77. The monoisotopic (exact) mass is 530 g/mol. The third kappa shape index (κ3) is 7.24. The first-order chi connectivity index (χ1) is 14.7. The summed E-state index contributed by atoms with van der Waals surface area (Å²) in [6, 6.07) is 8.96. The Bertz CT molecular complexity index is 1030. The molecular weight excluding hydrogens is 491 g/mol. The van der Waals surface area contributed by atoms with Gasteiger partial charge in [-0.3, -0.25) is 0 Å². The van der Waals surface area contributed by atoms with Crippen LogP contribution in [0.4, 0.5) is 0 Å². The van der Waals surface area contributed by atoms with Crippen molar-refractivity contribution in [2.45, 2.75) is 103 Å². The molecule has 2 rings (SSSR count). The molecule has 34 heavy (non-hydrogen) atoms. The van der Waals surface area contributed by atoms with Crippen LogP contribution >= 0.6 is 0 Å². The minimum absolute atomic E-state index is 0. The molecule has 0 unspecified atom stereocenters. The van der Waals surface area contributed by atoms with Crippen molar-refractivity contribution >= 4 is 9.84 Å². The summed E-state index contributed by atoms with van der Waals surface area (Å²) in [5.41, 5.74) is 0.904. The van der Waals surface area contributed by atoms with E-state index in [-0.39, 0.29) is 47.9 Å². The summed E-state index contributed by atoms with van der Waals surface area (Å²) in [7, 11) is -4.28. The van der Waals surface area contributed by atoms with Gasteiger partial charge in [-0.1, -0.05) is 105 Å². The zero-order valence-corrected chi connectivity index (χ0v) is 24.0. The van der Waals surface area contributed by atoms with Gasteiger partial charge in [-0.15, -0.1) is 0 Å². The molecule has 0 aliphatic rings. The van der Waals surface area contributed by atoms with E-state index in [1.807, 2.05) is 27.7 Å². The minimum Gasteiger partial charge on any atom is -0.872 e. The smallest absolute Gasteiger partial charge is 0.872 e. The SMILES string of the molecule is CC(C)(C)CC(C)(C)c1ccc([O-])c(S(=O)(=O)c2cc(C(C)(C)CC(C)(C)C)ccc2[O-])c1.[Ni+2]. The van der Waals surface area contributed by atoms with Crippen LogP contribution in [0.5, 0.6) is 11.5 Å². The Morgan fingerprint density at radius 1 is 0.618 bits per heavy atom. The summed E-state index contributed by atoms with van der Waals surface area (Å²) in [5.74, 6) is -1.19. The molecule has 0 aliphatic heterocycles. The normalized spacial score (nSPS) is 13.5. The van der Waals surface area contributed by atoms with Crippen molar-refractivity contribution in [3.63, 3.8) is 0 Å². The summed E-state index contributed by atoms with van der Waals surface area (Å²) in [6.07, 6.45) is 1.61. The Morgan fingerprint density at radius 3 is 1.18 bits per heavy atom. The van der Waals surface area contributed by atoms with Gasteiger partial charge >= 0.3 is 16.5 Å². The maximum absolute atomic E-state index is 13.6. The fraction of sp³-hybridized carbons (Fsp3) is 0.571. The van der Waals surface area contributed by atoms with Crippen molar-refractivity contribution < 1.29 is 35.1 Å². The Labute approximate surface area is 217 Å². The molecule has 0 radical (unpaired) electrons. The van der Waals surface area contributed by atoms with Gasteiger partial charge in [0.15, 0.2) is 0 Å². The summed E-state index contributed by atoms with van der Waals surface area (Å²) in [5, 5.41) is 25.4. The van der Waals surface area contributed by atoms with Gasteiger partial charge < -0.3 is 10.2 Å². The van der Waals surface area contributed by atoms with Crippen LogP contribution in [0.15, 0.2) is 46.2 Å². The molecule has 4 nitrogen and oxygen atoms in total. The Hall–Kier alpha value is -1.52. The maximum atomic E-state index is 13.6. The third-order valence-electron chi connectivity index (χ3n) is 5.97. The van der Waals surface area contributed by atoms with E-state index in [0.717, 1.165) is 24.0 Å². The van der Waals surface area contributed by atoms with Crippen LogP contribution in [-0.4, -0.2) is 8.42 Å². The van der Waals surface area contributed by atoms with Crippen LogP contribution < -0.4 is 10.2 Å². The zero-order valence-electron chi connectivity index (χ0n) is 22.2.